The van der Waals surface area contributed by atoms with Crippen LogP contribution in [0.5, 0.6) is 0 Å². The molecule has 0 radical (unpaired) electrons. The van der Waals surface area contributed by atoms with Crippen LogP contribution in [0.3, 0.4) is 0 Å². The van der Waals surface area contributed by atoms with Gasteiger partial charge in [-0.2, -0.15) is 0 Å². The number of carbonyl (C=O) groups excluding carboxylic acids is 2. The van der Waals surface area contributed by atoms with Crippen molar-refractivity contribution in [2.75, 3.05) is 16.9 Å². The molecule has 0 aliphatic heterocycles. The standard InChI is InChI=1S/C18H15N3O2S2/c1-24-15-8-4-13(5-9-15)16(22)20-14-6-2-12(3-7-14)17(23)21-18-19-10-11-25-18/h2-11H,1H3,(H,20,22)(H,19,21,23). The highest BCUT2D eigenvalue weighted by Gasteiger charge is 2.09. The molecule has 0 unspecified atom stereocenters. The summed E-state index contributed by atoms with van der Waals surface area (Å²) in [5.41, 5.74) is 1.71. The maximum Gasteiger partial charge on any atom is 0.257 e. The first kappa shape index (κ1) is 17.2. The van der Waals surface area contributed by atoms with E-state index < -0.39 is 0 Å². The molecule has 2 N–H and O–H groups in total. The molecule has 0 atom stereocenters. The maximum absolute atomic E-state index is 12.2. The zero-order valence-corrected chi connectivity index (χ0v) is 15.0. The largest absolute Gasteiger partial charge is 0.322 e. The lowest BCUT2D eigenvalue weighted by Gasteiger charge is -2.07. The van der Waals surface area contributed by atoms with Crippen molar-refractivity contribution in [1.82, 2.24) is 4.98 Å². The molecule has 7 heteroatoms. The van der Waals surface area contributed by atoms with Gasteiger partial charge in [-0.1, -0.05) is 0 Å². The smallest absolute Gasteiger partial charge is 0.257 e. The number of hydrogen-bond donors (Lipinski definition) is 2. The van der Waals surface area contributed by atoms with Gasteiger partial charge in [0.2, 0.25) is 0 Å². The third-order valence-electron chi connectivity index (χ3n) is 3.41. The van der Waals surface area contributed by atoms with E-state index in [0.717, 1.165) is 4.90 Å². The van der Waals surface area contributed by atoms with Crippen molar-refractivity contribution in [2.45, 2.75) is 4.90 Å². The number of carbonyl (C=O) groups is 2. The molecule has 0 aliphatic rings. The summed E-state index contributed by atoms with van der Waals surface area (Å²) in [7, 11) is 0. The number of hydrogen-bond acceptors (Lipinski definition) is 5. The Bertz CT molecular complexity index is 860. The highest BCUT2D eigenvalue weighted by Crippen LogP contribution is 2.17. The molecule has 0 aliphatic carbocycles. The van der Waals surface area contributed by atoms with E-state index in [1.807, 2.05) is 18.4 Å². The van der Waals surface area contributed by atoms with Gasteiger partial charge in [0.1, 0.15) is 0 Å². The summed E-state index contributed by atoms with van der Waals surface area (Å²) in [6.45, 7) is 0. The van der Waals surface area contributed by atoms with Crippen molar-refractivity contribution in [2.24, 2.45) is 0 Å². The Morgan fingerprint density at radius 2 is 1.52 bits per heavy atom. The number of thiazole rings is 1. The molecule has 25 heavy (non-hydrogen) atoms. The van der Waals surface area contributed by atoms with Gasteiger partial charge in [-0.05, 0) is 54.8 Å². The van der Waals surface area contributed by atoms with Crippen LogP contribution in [-0.2, 0) is 0 Å². The van der Waals surface area contributed by atoms with Crippen LogP contribution in [0.4, 0.5) is 10.8 Å². The molecule has 0 fully saturated rings. The average molecular weight is 369 g/mol. The van der Waals surface area contributed by atoms with Gasteiger partial charge in [-0.3, -0.25) is 14.9 Å². The van der Waals surface area contributed by atoms with Crippen molar-refractivity contribution in [1.29, 1.82) is 0 Å². The summed E-state index contributed by atoms with van der Waals surface area (Å²) < 4.78 is 0. The number of rotatable bonds is 5. The van der Waals surface area contributed by atoms with Crippen LogP contribution >= 0.6 is 23.1 Å². The lowest BCUT2D eigenvalue weighted by atomic mass is 10.1. The highest BCUT2D eigenvalue weighted by atomic mass is 32.2. The van der Waals surface area contributed by atoms with Gasteiger partial charge in [0.25, 0.3) is 11.8 Å². The molecular weight excluding hydrogens is 354 g/mol. The molecule has 3 rings (SSSR count). The van der Waals surface area contributed by atoms with E-state index in [0.29, 0.717) is 21.9 Å². The van der Waals surface area contributed by atoms with Crippen LogP contribution in [0.1, 0.15) is 20.7 Å². The fraction of sp³-hybridized carbons (Fsp3) is 0.0556. The normalized spacial score (nSPS) is 10.3. The second-order valence-electron chi connectivity index (χ2n) is 5.05. The Morgan fingerprint density at radius 3 is 2.08 bits per heavy atom. The van der Waals surface area contributed by atoms with Gasteiger partial charge >= 0.3 is 0 Å². The molecule has 0 bridgehead atoms. The third-order valence-corrected chi connectivity index (χ3v) is 4.84. The monoisotopic (exact) mass is 369 g/mol. The summed E-state index contributed by atoms with van der Waals surface area (Å²) in [4.78, 5) is 29.5. The first-order valence-electron chi connectivity index (χ1n) is 7.42. The predicted octanol–water partition coefficient (Wildman–Crippen LogP) is 4.37. The van der Waals surface area contributed by atoms with Crippen molar-refractivity contribution in [3.63, 3.8) is 0 Å². The average Bonchev–Trinajstić information content (AvgIpc) is 3.15. The topological polar surface area (TPSA) is 71.1 Å². The molecule has 2 amide bonds. The molecule has 0 saturated carbocycles. The molecule has 2 aromatic carbocycles. The zero-order valence-electron chi connectivity index (χ0n) is 13.4. The summed E-state index contributed by atoms with van der Waals surface area (Å²) in [6, 6.07) is 14.1. The Balaban J connectivity index is 1.63. The van der Waals surface area contributed by atoms with Gasteiger partial charge in [-0.25, -0.2) is 4.98 Å². The SMILES string of the molecule is CSc1ccc(C(=O)Nc2ccc(C(=O)Nc3nccs3)cc2)cc1. The summed E-state index contributed by atoms with van der Waals surface area (Å²) in [6.07, 6.45) is 3.62. The number of amides is 2. The summed E-state index contributed by atoms with van der Waals surface area (Å²) >= 11 is 2.98. The first-order valence-corrected chi connectivity index (χ1v) is 9.52. The molecule has 0 saturated heterocycles. The van der Waals surface area contributed by atoms with E-state index in [1.165, 1.54) is 11.3 Å². The third kappa shape index (κ3) is 4.46. The van der Waals surface area contributed by atoms with Gasteiger partial charge in [0.05, 0.1) is 0 Å². The van der Waals surface area contributed by atoms with Crippen molar-refractivity contribution in [3.8, 4) is 0 Å². The van der Waals surface area contributed by atoms with Crippen LogP contribution in [-0.4, -0.2) is 23.1 Å². The quantitative estimate of drug-likeness (QED) is 0.655. The molecule has 126 valence electrons. The minimum absolute atomic E-state index is 0.187. The number of nitrogens with zero attached hydrogens (tertiary/aromatic N) is 1. The Labute approximate surface area is 153 Å². The number of thioether (sulfide) groups is 1. The van der Waals surface area contributed by atoms with E-state index in [1.54, 1.807) is 59.7 Å². The Hall–Kier alpha value is -2.64. The second kappa shape index (κ2) is 7.96. The molecule has 3 aromatic rings. The summed E-state index contributed by atoms with van der Waals surface area (Å²) in [5.74, 6) is -0.423. The molecule has 5 nitrogen and oxygen atoms in total. The Morgan fingerprint density at radius 1 is 0.920 bits per heavy atom. The van der Waals surface area contributed by atoms with E-state index in [4.69, 9.17) is 0 Å². The fourth-order valence-corrected chi connectivity index (χ4v) is 3.04. The zero-order chi connectivity index (χ0) is 17.6. The number of anilines is 2. The predicted molar refractivity (Wildman–Crippen MR) is 103 cm³/mol. The first-order chi connectivity index (χ1) is 12.2. The van der Waals surface area contributed by atoms with Gasteiger partial charge in [0.15, 0.2) is 5.13 Å². The van der Waals surface area contributed by atoms with E-state index in [9.17, 15) is 9.59 Å². The maximum atomic E-state index is 12.2. The van der Waals surface area contributed by atoms with E-state index in [-0.39, 0.29) is 11.8 Å². The van der Waals surface area contributed by atoms with Crippen molar-refractivity contribution >= 4 is 45.7 Å². The number of benzene rings is 2. The lowest BCUT2D eigenvalue weighted by Crippen LogP contribution is -2.13. The van der Waals surface area contributed by atoms with Gasteiger partial charge in [0, 0.05) is 33.3 Å². The highest BCUT2D eigenvalue weighted by molar-refractivity contribution is 7.98. The van der Waals surface area contributed by atoms with Crippen LogP contribution in [0.15, 0.2) is 65.0 Å². The van der Waals surface area contributed by atoms with E-state index >= 15 is 0 Å². The lowest BCUT2D eigenvalue weighted by molar-refractivity contribution is 0.102. The van der Waals surface area contributed by atoms with Crippen molar-refractivity contribution < 1.29 is 9.59 Å². The summed E-state index contributed by atoms with van der Waals surface area (Å²) in [5, 5.41) is 7.88. The second-order valence-corrected chi connectivity index (χ2v) is 6.83. The van der Waals surface area contributed by atoms with Crippen LogP contribution in [0.25, 0.3) is 0 Å². The van der Waals surface area contributed by atoms with Crippen LogP contribution in [0, 0.1) is 0 Å². The number of nitrogens with one attached hydrogen (secondary N) is 2. The molecule has 1 aromatic heterocycles. The molecule has 1 heterocycles. The molecular formula is C18H15N3O2S2. The van der Waals surface area contributed by atoms with Crippen LogP contribution < -0.4 is 10.6 Å². The van der Waals surface area contributed by atoms with Gasteiger partial charge < -0.3 is 5.32 Å². The molecule has 0 spiro atoms. The number of aromatic nitrogens is 1. The van der Waals surface area contributed by atoms with E-state index in [2.05, 4.69) is 15.6 Å². The Kier molecular flexibility index (Phi) is 5.47. The van der Waals surface area contributed by atoms with Crippen molar-refractivity contribution in [3.05, 3.63) is 71.2 Å². The minimum Gasteiger partial charge on any atom is -0.322 e. The van der Waals surface area contributed by atoms with Gasteiger partial charge in [-0.15, -0.1) is 23.1 Å². The fourth-order valence-electron chi connectivity index (χ4n) is 2.11. The minimum atomic E-state index is -0.236. The van der Waals surface area contributed by atoms with Crippen LogP contribution in [0.2, 0.25) is 0 Å².